The third kappa shape index (κ3) is 3.73. The van der Waals surface area contributed by atoms with E-state index < -0.39 is 0 Å². The van der Waals surface area contributed by atoms with Gasteiger partial charge in [0.2, 0.25) is 0 Å². The zero-order chi connectivity index (χ0) is 14.0. The number of aliphatic hydroxyl groups is 1. The van der Waals surface area contributed by atoms with E-state index in [-0.39, 0.29) is 11.5 Å². The molecule has 1 aromatic rings. The van der Waals surface area contributed by atoms with E-state index in [9.17, 15) is 5.11 Å². The Hall–Kier alpha value is -1.02. The Morgan fingerprint density at radius 2 is 2.05 bits per heavy atom. The summed E-state index contributed by atoms with van der Waals surface area (Å²) in [5.74, 6) is 0. The van der Waals surface area contributed by atoms with Gasteiger partial charge in [0.15, 0.2) is 0 Å². The summed E-state index contributed by atoms with van der Waals surface area (Å²) in [5, 5.41) is 10.3. The van der Waals surface area contributed by atoms with E-state index in [1.165, 1.54) is 17.7 Å². The van der Waals surface area contributed by atoms with Crippen LogP contribution in [0.5, 0.6) is 0 Å². The average Bonchev–Trinajstić information content (AvgIpc) is 2.35. The molecule has 2 heteroatoms. The minimum Gasteiger partial charge on any atom is -0.388 e. The van der Waals surface area contributed by atoms with E-state index in [0.29, 0.717) is 0 Å². The van der Waals surface area contributed by atoms with E-state index in [0.717, 1.165) is 31.4 Å². The molecule has 1 aliphatic rings. The molecule has 19 heavy (non-hydrogen) atoms. The van der Waals surface area contributed by atoms with Crippen LogP contribution in [0.3, 0.4) is 0 Å². The number of hydrogen-bond donors (Lipinski definition) is 1. The molecule has 0 aliphatic carbocycles. The summed E-state index contributed by atoms with van der Waals surface area (Å²) < 4.78 is 0. The second-order valence-electron chi connectivity index (χ2n) is 7.03. The number of benzene rings is 1. The molecule has 1 unspecified atom stereocenters. The van der Waals surface area contributed by atoms with Crippen LogP contribution in [0.4, 0.5) is 5.69 Å². The number of aryl methyl sites for hydroxylation is 1. The maximum atomic E-state index is 10.3. The lowest BCUT2D eigenvalue weighted by molar-refractivity contribution is 0.147. The van der Waals surface area contributed by atoms with Crippen LogP contribution in [-0.4, -0.2) is 18.7 Å². The van der Waals surface area contributed by atoms with E-state index in [1.54, 1.807) is 0 Å². The molecule has 1 atom stereocenters. The van der Waals surface area contributed by atoms with Gasteiger partial charge in [-0.25, -0.2) is 0 Å². The molecule has 2 rings (SSSR count). The predicted octanol–water partition coefficient (Wildman–Crippen LogP) is 3.93. The molecule has 1 heterocycles. The van der Waals surface area contributed by atoms with E-state index in [1.807, 2.05) is 0 Å². The summed E-state index contributed by atoms with van der Waals surface area (Å²) in [4.78, 5) is 2.31. The van der Waals surface area contributed by atoms with Crippen LogP contribution in [0.1, 0.15) is 57.3 Å². The van der Waals surface area contributed by atoms with Gasteiger partial charge < -0.3 is 10.0 Å². The first-order valence-corrected chi connectivity index (χ1v) is 7.39. The van der Waals surface area contributed by atoms with Crippen molar-refractivity contribution in [1.29, 1.82) is 0 Å². The number of anilines is 1. The first-order valence-electron chi connectivity index (χ1n) is 7.39. The summed E-state index contributed by atoms with van der Waals surface area (Å²) in [6.07, 6.45) is 3.92. The second-order valence-corrected chi connectivity index (χ2v) is 7.03. The number of nitrogens with zero attached hydrogens (tertiary/aromatic N) is 1. The van der Waals surface area contributed by atoms with Crippen LogP contribution in [0.2, 0.25) is 0 Å². The zero-order valence-electron chi connectivity index (χ0n) is 12.7. The number of hydrogen-bond acceptors (Lipinski definition) is 2. The average molecular weight is 261 g/mol. The lowest BCUT2D eigenvalue weighted by Gasteiger charge is -2.28. The molecule has 0 aromatic heterocycles. The zero-order valence-corrected chi connectivity index (χ0v) is 12.7. The van der Waals surface area contributed by atoms with Gasteiger partial charge in [0.1, 0.15) is 0 Å². The molecule has 2 nitrogen and oxygen atoms in total. The summed E-state index contributed by atoms with van der Waals surface area (Å²) >= 11 is 0. The molecule has 0 saturated heterocycles. The van der Waals surface area contributed by atoms with E-state index in [4.69, 9.17) is 0 Å². The Kier molecular flexibility index (Phi) is 4.19. The molecule has 0 saturated carbocycles. The topological polar surface area (TPSA) is 23.5 Å². The van der Waals surface area contributed by atoms with Gasteiger partial charge >= 0.3 is 0 Å². The highest BCUT2D eigenvalue weighted by atomic mass is 16.3. The fourth-order valence-electron chi connectivity index (χ4n) is 2.75. The van der Waals surface area contributed by atoms with Crippen LogP contribution in [0.25, 0.3) is 0 Å². The van der Waals surface area contributed by atoms with Gasteiger partial charge in [-0.1, -0.05) is 32.9 Å². The Morgan fingerprint density at radius 3 is 2.74 bits per heavy atom. The van der Waals surface area contributed by atoms with E-state index in [2.05, 4.69) is 50.9 Å². The van der Waals surface area contributed by atoms with Crippen molar-refractivity contribution in [3.05, 3.63) is 29.3 Å². The minimum atomic E-state index is -0.322. The monoisotopic (exact) mass is 261 g/mol. The molecule has 1 aromatic carbocycles. The van der Waals surface area contributed by atoms with Crippen LogP contribution in [0.15, 0.2) is 18.2 Å². The molecule has 1 N–H and O–H groups in total. The maximum absolute atomic E-state index is 10.3. The van der Waals surface area contributed by atoms with Crippen molar-refractivity contribution >= 4 is 5.69 Å². The first kappa shape index (κ1) is 14.4. The number of fused-ring (bicyclic) bond motifs is 1. The third-order valence-electron chi connectivity index (χ3n) is 4.01. The SMILES string of the molecule is CN1CCCc2cc(C(O)CCC(C)(C)C)ccc21. The van der Waals surface area contributed by atoms with Crippen molar-refractivity contribution < 1.29 is 5.11 Å². The van der Waals surface area contributed by atoms with Crippen LogP contribution in [-0.2, 0) is 6.42 Å². The fourth-order valence-corrected chi connectivity index (χ4v) is 2.75. The highest BCUT2D eigenvalue weighted by molar-refractivity contribution is 5.56. The molecule has 106 valence electrons. The van der Waals surface area contributed by atoms with Crippen molar-refractivity contribution in [2.45, 2.75) is 52.6 Å². The molecule has 0 spiro atoms. The molecule has 0 amide bonds. The summed E-state index contributed by atoms with van der Waals surface area (Å²) in [5.41, 5.74) is 4.09. The molecule has 0 radical (unpaired) electrons. The van der Waals surface area contributed by atoms with Crippen molar-refractivity contribution in [1.82, 2.24) is 0 Å². The van der Waals surface area contributed by atoms with Crippen molar-refractivity contribution in [2.24, 2.45) is 5.41 Å². The largest absolute Gasteiger partial charge is 0.388 e. The van der Waals surface area contributed by atoms with Crippen molar-refractivity contribution in [3.63, 3.8) is 0 Å². The summed E-state index contributed by atoms with van der Waals surface area (Å²) in [6.45, 7) is 7.81. The number of rotatable bonds is 3. The second kappa shape index (κ2) is 5.54. The predicted molar refractivity (Wildman–Crippen MR) is 81.7 cm³/mol. The van der Waals surface area contributed by atoms with Gasteiger partial charge in [-0.3, -0.25) is 0 Å². The van der Waals surface area contributed by atoms with Crippen molar-refractivity contribution in [3.8, 4) is 0 Å². The summed E-state index contributed by atoms with van der Waals surface area (Å²) in [6, 6.07) is 6.47. The van der Waals surface area contributed by atoms with Gasteiger partial charge in [-0.2, -0.15) is 0 Å². The molecule has 0 bridgehead atoms. The van der Waals surface area contributed by atoms with Gasteiger partial charge in [0, 0.05) is 19.3 Å². The standard InChI is InChI=1S/C17H27NO/c1-17(2,3)10-9-16(19)14-7-8-15-13(12-14)6-5-11-18(15)4/h7-8,12,16,19H,5-6,9-11H2,1-4H3. The van der Waals surface area contributed by atoms with Gasteiger partial charge in [0.05, 0.1) is 6.10 Å². The highest BCUT2D eigenvalue weighted by Crippen LogP contribution is 2.32. The lowest BCUT2D eigenvalue weighted by Crippen LogP contribution is -2.24. The van der Waals surface area contributed by atoms with Gasteiger partial charge in [-0.15, -0.1) is 0 Å². The maximum Gasteiger partial charge on any atom is 0.0790 e. The smallest absolute Gasteiger partial charge is 0.0790 e. The Labute approximate surface area is 117 Å². The van der Waals surface area contributed by atoms with Crippen molar-refractivity contribution in [2.75, 3.05) is 18.5 Å². The van der Waals surface area contributed by atoms with Gasteiger partial charge in [-0.05, 0) is 48.3 Å². The normalized spacial score (nSPS) is 17.2. The molecular weight excluding hydrogens is 234 g/mol. The third-order valence-corrected chi connectivity index (χ3v) is 4.01. The highest BCUT2D eigenvalue weighted by Gasteiger charge is 2.18. The minimum absolute atomic E-state index is 0.287. The Bertz CT molecular complexity index is 433. The summed E-state index contributed by atoms with van der Waals surface area (Å²) in [7, 11) is 2.15. The van der Waals surface area contributed by atoms with Crippen LogP contribution < -0.4 is 4.90 Å². The van der Waals surface area contributed by atoms with Gasteiger partial charge in [0.25, 0.3) is 0 Å². The van der Waals surface area contributed by atoms with Crippen LogP contribution in [0, 0.1) is 5.41 Å². The molecular formula is C17H27NO. The van der Waals surface area contributed by atoms with E-state index >= 15 is 0 Å². The van der Waals surface area contributed by atoms with Crippen LogP contribution >= 0.6 is 0 Å². The first-order chi connectivity index (χ1) is 8.87. The Balaban J connectivity index is 2.09. The molecule has 0 fully saturated rings. The molecule has 1 aliphatic heterocycles. The number of aliphatic hydroxyl groups excluding tert-OH is 1. The lowest BCUT2D eigenvalue weighted by atomic mass is 9.87. The Morgan fingerprint density at radius 1 is 1.32 bits per heavy atom. The fraction of sp³-hybridized carbons (Fsp3) is 0.647. The quantitative estimate of drug-likeness (QED) is 0.891.